The van der Waals surface area contributed by atoms with Crippen LogP contribution in [0.4, 0.5) is 10.3 Å². The van der Waals surface area contributed by atoms with Crippen molar-refractivity contribution in [3.63, 3.8) is 0 Å². The molecule has 4 rings (SSSR count). The van der Waals surface area contributed by atoms with E-state index in [4.69, 9.17) is 14.0 Å². The van der Waals surface area contributed by atoms with Crippen LogP contribution in [0.25, 0.3) is 11.3 Å². The van der Waals surface area contributed by atoms with E-state index in [9.17, 15) is 14.3 Å². The molecule has 1 aromatic carbocycles. The summed E-state index contributed by atoms with van der Waals surface area (Å²) in [6.07, 6.45) is 2.29. The topological polar surface area (TPSA) is 88.3 Å². The summed E-state index contributed by atoms with van der Waals surface area (Å²) in [5, 5.41) is 14.8. The Bertz CT molecular complexity index is 927. The van der Waals surface area contributed by atoms with Crippen LogP contribution in [0.15, 0.2) is 28.8 Å². The minimum absolute atomic E-state index is 0.0395. The molecule has 0 spiro atoms. The molecule has 1 N–H and O–H groups in total. The average molecular weight is 462 g/mol. The van der Waals surface area contributed by atoms with E-state index in [1.54, 1.807) is 18.2 Å². The summed E-state index contributed by atoms with van der Waals surface area (Å²) >= 11 is 0. The van der Waals surface area contributed by atoms with Crippen molar-refractivity contribution in [1.29, 1.82) is 0 Å². The zero-order valence-electron chi connectivity index (χ0n) is 19.0. The Hall–Kier alpha value is -2.49. The molecule has 33 heavy (non-hydrogen) atoms. The number of ether oxygens (including phenoxy) is 2. The highest BCUT2D eigenvalue weighted by Gasteiger charge is 2.34. The molecule has 2 aromatic rings. The van der Waals surface area contributed by atoms with Crippen molar-refractivity contribution >= 4 is 11.9 Å². The van der Waals surface area contributed by atoms with E-state index in [1.807, 2.05) is 6.92 Å². The molecular formula is C24H32FN3O5. The number of morpholine rings is 1. The Morgan fingerprint density at radius 3 is 2.79 bits per heavy atom. The summed E-state index contributed by atoms with van der Waals surface area (Å²) < 4.78 is 31.1. The molecule has 2 aliphatic rings. The van der Waals surface area contributed by atoms with E-state index < -0.39 is 6.10 Å². The zero-order valence-corrected chi connectivity index (χ0v) is 19.0. The summed E-state index contributed by atoms with van der Waals surface area (Å²) in [6, 6.07) is 6.84. The maximum absolute atomic E-state index is 14.6. The molecule has 1 aromatic heterocycles. The molecule has 180 valence electrons. The van der Waals surface area contributed by atoms with Gasteiger partial charge in [0.05, 0.1) is 18.8 Å². The lowest BCUT2D eigenvalue weighted by molar-refractivity contribution is -0.147. The first-order chi connectivity index (χ1) is 16.1. The fraction of sp³-hybridized carbons (Fsp3) is 0.583. The Morgan fingerprint density at radius 2 is 2.09 bits per heavy atom. The number of esters is 1. The van der Waals surface area contributed by atoms with Crippen LogP contribution < -0.4 is 4.90 Å². The summed E-state index contributed by atoms with van der Waals surface area (Å²) in [7, 11) is 0. The van der Waals surface area contributed by atoms with Gasteiger partial charge in [0.2, 0.25) is 5.88 Å². The second-order valence-electron chi connectivity index (χ2n) is 8.64. The number of anilines is 1. The lowest BCUT2D eigenvalue weighted by Gasteiger charge is -2.29. The SMILES string of the molecule is CCCC(=O)OCC(O)CN(Cc1c(-c2ccccc2F)noc1N1CCOCC1)C1CC1. The van der Waals surface area contributed by atoms with Gasteiger partial charge >= 0.3 is 5.97 Å². The predicted octanol–water partition coefficient (Wildman–Crippen LogP) is 2.99. The van der Waals surface area contributed by atoms with Crippen molar-refractivity contribution in [3.8, 4) is 11.3 Å². The van der Waals surface area contributed by atoms with Gasteiger partial charge in [-0.1, -0.05) is 24.2 Å². The number of carbonyl (C=O) groups excluding carboxylic acids is 1. The fourth-order valence-electron chi connectivity index (χ4n) is 4.10. The summed E-state index contributed by atoms with van der Waals surface area (Å²) in [5.74, 6) is -0.0440. The highest BCUT2D eigenvalue weighted by atomic mass is 19.1. The normalized spacial score (nSPS) is 17.4. The number of nitrogens with zero attached hydrogens (tertiary/aromatic N) is 3. The molecule has 1 saturated carbocycles. The monoisotopic (exact) mass is 461 g/mol. The standard InChI is InChI=1S/C24H32FN3O5/c1-2-5-22(30)32-16-18(29)14-28(17-8-9-17)15-20-23(19-6-3-4-7-21(19)25)26-33-24(20)27-10-12-31-13-11-27/h3-4,6-7,17-18,29H,2,5,8-16H2,1H3. The maximum atomic E-state index is 14.6. The molecule has 0 amide bonds. The zero-order chi connectivity index (χ0) is 23.2. The highest BCUT2D eigenvalue weighted by Crippen LogP contribution is 2.37. The Kier molecular flexibility index (Phi) is 7.95. The molecule has 1 atom stereocenters. The van der Waals surface area contributed by atoms with Gasteiger partial charge in [0, 0.05) is 44.2 Å². The van der Waals surface area contributed by atoms with Crippen LogP contribution in [0, 0.1) is 5.82 Å². The fourth-order valence-corrected chi connectivity index (χ4v) is 4.10. The van der Waals surface area contributed by atoms with Crippen LogP contribution in [0.5, 0.6) is 0 Å². The summed E-state index contributed by atoms with van der Waals surface area (Å²) in [5.41, 5.74) is 1.66. The van der Waals surface area contributed by atoms with Crippen LogP contribution in [-0.4, -0.2) is 72.7 Å². The number of benzene rings is 1. The second-order valence-corrected chi connectivity index (χ2v) is 8.64. The van der Waals surface area contributed by atoms with Gasteiger partial charge in [-0.2, -0.15) is 0 Å². The van der Waals surface area contributed by atoms with Crippen LogP contribution in [0.3, 0.4) is 0 Å². The Morgan fingerprint density at radius 1 is 1.33 bits per heavy atom. The number of rotatable bonds is 11. The van der Waals surface area contributed by atoms with E-state index in [2.05, 4.69) is 15.0 Å². The molecule has 0 radical (unpaired) electrons. The minimum atomic E-state index is -0.810. The van der Waals surface area contributed by atoms with Crippen LogP contribution >= 0.6 is 0 Å². The van der Waals surface area contributed by atoms with Crippen LogP contribution in [0.1, 0.15) is 38.2 Å². The van der Waals surface area contributed by atoms with Crippen molar-refractivity contribution in [2.45, 2.75) is 51.3 Å². The third kappa shape index (κ3) is 6.10. The van der Waals surface area contributed by atoms with E-state index in [0.29, 0.717) is 75.4 Å². The van der Waals surface area contributed by atoms with E-state index in [0.717, 1.165) is 18.4 Å². The van der Waals surface area contributed by atoms with Gasteiger partial charge < -0.3 is 24.0 Å². The first-order valence-electron chi connectivity index (χ1n) is 11.7. The largest absolute Gasteiger partial charge is 0.463 e. The predicted molar refractivity (Wildman–Crippen MR) is 120 cm³/mol. The number of hydrogen-bond acceptors (Lipinski definition) is 8. The number of aromatic nitrogens is 1. The first-order valence-corrected chi connectivity index (χ1v) is 11.7. The smallest absolute Gasteiger partial charge is 0.305 e. The molecule has 1 aliphatic heterocycles. The molecule has 1 unspecified atom stereocenters. The van der Waals surface area contributed by atoms with Crippen LogP contribution in [-0.2, 0) is 20.8 Å². The Labute approximate surface area is 193 Å². The maximum Gasteiger partial charge on any atom is 0.305 e. The molecule has 2 fully saturated rings. The van der Waals surface area contributed by atoms with Gasteiger partial charge in [0.15, 0.2) is 0 Å². The number of carbonyl (C=O) groups is 1. The quantitative estimate of drug-likeness (QED) is 0.511. The van der Waals surface area contributed by atoms with E-state index >= 15 is 0 Å². The summed E-state index contributed by atoms with van der Waals surface area (Å²) in [6.45, 7) is 5.16. The van der Waals surface area contributed by atoms with Crippen molar-refractivity contribution in [2.75, 3.05) is 44.4 Å². The van der Waals surface area contributed by atoms with Crippen LogP contribution in [0.2, 0.25) is 0 Å². The number of hydrogen-bond donors (Lipinski definition) is 1. The Balaban J connectivity index is 1.55. The van der Waals surface area contributed by atoms with E-state index in [1.165, 1.54) is 6.07 Å². The number of aliphatic hydroxyl groups is 1. The van der Waals surface area contributed by atoms with Gasteiger partial charge in [-0.05, 0) is 31.4 Å². The number of halogens is 1. The first kappa shape index (κ1) is 23.7. The van der Waals surface area contributed by atoms with Crippen molar-refractivity contribution in [1.82, 2.24) is 10.1 Å². The van der Waals surface area contributed by atoms with Gasteiger partial charge in [-0.25, -0.2) is 4.39 Å². The van der Waals surface area contributed by atoms with Crippen molar-refractivity contribution in [2.24, 2.45) is 0 Å². The van der Waals surface area contributed by atoms with Gasteiger partial charge in [0.1, 0.15) is 24.2 Å². The van der Waals surface area contributed by atoms with Gasteiger partial charge in [-0.3, -0.25) is 9.69 Å². The molecule has 2 heterocycles. The molecule has 0 bridgehead atoms. The third-order valence-corrected chi connectivity index (χ3v) is 5.96. The van der Waals surface area contributed by atoms with Crippen molar-refractivity contribution < 1.29 is 28.3 Å². The second kappa shape index (κ2) is 11.1. The molecule has 9 heteroatoms. The highest BCUT2D eigenvalue weighted by molar-refractivity contribution is 5.69. The average Bonchev–Trinajstić information content (AvgIpc) is 3.59. The molecule has 1 aliphatic carbocycles. The molecule has 8 nitrogen and oxygen atoms in total. The molecule has 1 saturated heterocycles. The number of aliphatic hydroxyl groups excluding tert-OH is 1. The lowest BCUT2D eigenvalue weighted by atomic mass is 10.1. The van der Waals surface area contributed by atoms with Gasteiger partial charge in [0.25, 0.3) is 0 Å². The lowest BCUT2D eigenvalue weighted by Crippen LogP contribution is -2.38. The minimum Gasteiger partial charge on any atom is -0.463 e. The molecular weight excluding hydrogens is 429 g/mol. The van der Waals surface area contributed by atoms with Crippen molar-refractivity contribution in [3.05, 3.63) is 35.6 Å². The third-order valence-electron chi connectivity index (χ3n) is 5.96. The van der Waals surface area contributed by atoms with Gasteiger partial charge in [-0.15, -0.1) is 0 Å². The van der Waals surface area contributed by atoms with E-state index in [-0.39, 0.29) is 18.4 Å². The summed E-state index contributed by atoms with van der Waals surface area (Å²) in [4.78, 5) is 15.9.